The van der Waals surface area contributed by atoms with Gasteiger partial charge in [0.15, 0.2) is 0 Å². The van der Waals surface area contributed by atoms with Gasteiger partial charge in [-0.15, -0.1) is 11.5 Å². The Bertz CT molecular complexity index is 349. The first-order chi connectivity index (χ1) is 7.71. The maximum atomic E-state index is 5.58. The number of epoxide rings is 1. The van der Waals surface area contributed by atoms with Gasteiger partial charge in [0.2, 0.25) is 0 Å². The van der Waals surface area contributed by atoms with Crippen molar-refractivity contribution in [2.24, 2.45) is 0 Å². The van der Waals surface area contributed by atoms with E-state index in [9.17, 15) is 0 Å². The van der Waals surface area contributed by atoms with Crippen LogP contribution in [0.4, 0.5) is 0 Å². The molecular formula is C15H26OSi. The molecule has 1 rings (SSSR count). The van der Waals surface area contributed by atoms with Crippen molar-refractivity contribution in [1.29, 1.82) is 0 Å². The highest BCUT2D eigenvalue weighted by atomic mass is 28.3. The molecule has 0 aromatic carbocycles. The Morgan fingerprint density at radius 3 is 2.41 bits per heavy atom. The molecule has 1 unspecified atom stereocenters. The van der Waals surface area contributed by atoms with Crippen molar-refractivity contribution in [3.63, 3.8) is 0 Å². The van der Waals surface area contributed by atoms with Crippen LogP contribution in [0.2, 0.25) is 19.6 Å². The number of allylic oxidation sites excluding steroid dienone is 1. The third-order valence-electron chi connectivity index (χ3n) is 2.90. The second-order valence-corrected chi connectivity index (χ2v) is 11.3. The van der Waals surface area contributed by atoms with Gasteiger partial charge in [0, 0.05) is 6.42 Å². The normalized spacial score (nSPS) is 22.9. The van der Waals surface area contributed by atoms with Gasteiger partial charge in [0.25, 0.3) is 0 Å². The largest absolute Gasteiger partial charge is 0.366 e. The van der Waals surface area contributed by atoms with E-state index < -0.39 is 8.07 Å². The first-order valence-corrected chi connectivity index (χ1v) is 10.0. The van der Waals surface area contributed by atoms with Crippen LogP contribution in [0.5, 0.6) is 0 Å². The van der Waals surface area contributed by atoms with Gasteiger partial charge >= 0.3 is 0 Å². The Kier molecular flexibility index (Phi) is 4.63. The molecule has 1 aliphatic heterocycles. The van der Waals surface area contributed by atoms with Crippen molar-refractivity contribution in [1.82, 2.24) is 0 Å². The smallest absolute Gasteiger partial charge is 0.129 e. The molecule has 0 spiro atoms. The molecule has 0 aliphatic carbocycles. The molecule has 1 saturated heterocycles. The predicted molar refractivity (Wildman–Crippen MR) is 77.7 cm³/mol. The maximum Gasteiger partial charge on any atom is 0.129 e. The monoisotopic (exact) mass is 250 g/mol. The molecule has 2 heteroatoms. The van der Waals surface area contributed by atoms with Crippen LogP contribution in [0.1, 0.15) is 40.0 Å². The van der Waals surface area contributed by atoms with Crippen LogP contribution in [0.3, 0.4) is 0 Å². The highest BCUT2D eigenvalue weighted by Crippen LogP contribution is 2.39. The van der Waals surface area contributed by atoms with Crippen molar-refractivity contribution in [2.75, 3.05) is 0 Å². The van der Waals surface area contributed by atoms with E-state index in [1.165, 1.54) is 5.57 Å². The minimum atomic E-state index is -1.17. The first kappa shape index (κ1) is 14.5. The molecule has 1 heterocycles. The Morgan fingerprint density at radius 1 is 1.35 bits per heavy atom. The molecule has 1 aliphatic rings. The van der Waals surface area contributed by atoms with Crippen LogP contribution in [0, 0.1) is 11.5 Å². The van der Waals surface area contributed by atoms with Crippen LogP contribution in [0.25, 0.3) is 0 Å². The predicted octanol–water partition coefficient (Wildman–Crippen LogP) is 4.16. The summed E-state index contributed by atoms with van der Waals surface area (Å²) in [5.41, 5.74) is 4.95. The summed E-state index contributed by atoms with van der Waals surface area (Å²) in [7, 11) is -1.17. The fraction of sp³-hybridized carbons (Fsp3) is 0.733. The lowest BCUT2D eigenvalue weighted by Crippen LogP contribution is -2.16. The topological polar surface area (TPSA) is 12.5 Å². The molecule has 17 heavy (non-hydrogen) atoms. The molecule has 1 nitrogen and oxygen atoms in total. The zero-order valence-electron chi connectivity index (χ0n) is 12.2. The van der Waals surface area contributed by atoms with E-state index in [2.05, 4.69) is 58.0 Å². The summed E-state index contributed by atoms with van der Waals surface area (Å²) in [6.07, 6.45) is 5.91. The van der Waals surface area contributed by atoms with Gasteiger partial charge in [-0.1, -0.05) is 31.3 Å². The molecule has 0 aromatic heterocycles. The lowest BCUT2D eigenvalue weighted by Gasteiger charge is -2.03. The molecule has 0 bridgehead atoms. The number of hydrogen-bond acceptors (Lipinski definition) is 1. The lowest BCUT2D eigenvalue weighted by atomic mass is 10.0. The summed E-state index contributed by atoms with van der Waals surface area (Å²) >= 11 is 0. The fourth-order valence-corrected chi connectivity index (χ4v) is 2.37. The van der Waals surface area contributed by atoms with E-state index in [4.69, 9.17) is 4.74 Å². The molecule has 0 aromatic rings. The van der Waals surface area contributed by atoms with Gasteiger partial charge in [0.1, 0.15) is 8.07 Å². The number of hydrogen-bond donors (Lipinski definition) is 0. The van der Waals surface area contributed by atoms with Crippen LogP contribution in [-0.2, 0) is 4.74 Å². The van der Waals surface area contributed by atoms with Crippen molar-refractivity contribution < 1.29 is 4.74 Å². The standard InChI is InChI=1S/C15H26OSi/c1-13(12-14-15(2,3)16-14)10-8-7-9-11-17(4,5)6/h10,14H,7-8,12H2,1-6H3/b13-10+. The van der Waals surface area contributed by atoms with Gasteiger partial charge in [-0.05, 0) is 33.6 Å². The SMILES string of the molecule is C/C(=C\CCC#C[Si](C)(C)C)CC1OC1(C)C. The van der Waals surface area contributed by atoms with Crippen molar-refractivity contribution in [2.45, 2.75) is 71.4 Å². The summed E-state index contributed by atoms with van der Waals surface area (Å²) in [6.45, 7) is 13.4. The van der Waals surface area contributed by atoms with Gasteiger partial charge in [-0.3, -0.25) is 0 Å². The van der Waals surface area contributed by atoms with Gasteiger partial charge in [-0.25, -0.2) is 0 Å². The summed E-state index contributed by atoms with van der Waals surface area (Å²) < 4.78 is 5.58. The molecule has 1 atom stereocenters. The Morgan fingerprint density at radius 2 is 1.94 bits per heavy atom. The molecule has 1 fully saturated rings. The van der Waals surface area contributed by atoms with E-state index >= 15 is 0 Å². The third-order valence-corrected chi connectivity index (χ3v) is 3.82. The van der Waals surface area contributed by atoms with E-state index in [-0.39, 0.29) is 5.60 Å². The highest BCUT2D eigenvalue weighted by Gasteiger charge is 2.47. The Balaban J connectivity index is 2.22. The summed E-state index contributed by atoms with van der Waals surface area (Å²) in [5, 5.41) is 0. The van der Waals surface area contributed by atoms with E-state index in [0.29, 0.717) is 6.10 Å². The molecule has 0 saturated carbocycles. The van der Waals surface area contributed by atoms with Crippen LogP contribution < -0.4 is 0 Å². The van der Waals surface area contributed by atoms with Crippen molar-refractivity contribution >= 4 is 8.07 Å². The second-order valence-electron chi connectivity index (χ2n) is 6.55. The molecule has 0 N–H and O–H groups in total. The third kappa shape index (κ3) is 6.09. The quantitative estimate of drug-likeness (QED) is 0.240. The summed E-state index contributed by atoms with van der Waals surface area (Å²) in [5.74, 6) is 3.30. The van der Waals surface area contributed by atoms with E-state index in [1.807, 2.05) is 0 Å². The van der Waals surface area contributed by atoms with Crippen molar-refractivity contribution in [3.05, 3.63) is 11.6 Å². The minimum absolute atomic E-state index is 0.118. The Labute approximate surface area is 108 Å². The van der Waals surface area contributed by atoms with Gasteiger partial charge in [0.05, 0.1) is 11.7 Å². The molecule has 0 radical (unpaired) electrons. The first-order valence-electron chi connectivity index (χ1n) is 6.54. The van der Waals surface area contributed by atoms with E-state index in [1.54, 1.807) is 0 Å². The highest BCUT2D eigenvalue weighted by molar-refractivity contribution is 6.83. The summed E-state index contributed by atoms with van der Waals surface area (Å²) in [6, 6.07) is 0. The van der Waals surface area contributed by atoms with Gasteiger partial charge in [-0.2, -0.15) is 0 Å². The Hall–Kier alpha value is -0.523. The fourth-order valence-electron chi connectivity index (χ4n) is 1.71. The zero-order valence-corrected chi connectivity index (χ0v) is 13.2. The second kappa shape index (κ2) is 5.41. The average Bonchev–Trinajstić information content (AvgIpc) is 2.70. The minimum Gasteiger partial charge on any atom is -0.366 e. The van der Waals surface area contributed by atoms with Crippen molar-refractivity contribution in [3.8, 4) is 11.5 Å². The molecular weight excluding hydrogens is 224 g/mol. The molecule has 0 amide bonds. The van der Waals surface area contributed by atoms with Gasteiger partial charge < -0.3 is 4.74 Å². The lowest BCUT2D eigenvalue weighted by molar-refractivity contribution is 0.323. The molecule has 96 valence electrons. The van der Waals surface area contributed by atoms with Crippen LogP contribution >= 0.6 is 0 Å². The maximum absolute atomic E-state index is 5.58. The summed E-state index contributed by atoms with van der Waals surface area (Å²) in [4.78, 5) is 0. The van der Waals surface area contributed by atoms with Crippen LogP contribution in [0.15, 0.2) is 11.6 Å². The van der Waals surface area contributed by atoms with E-state index in [0.717, 1.165) is 19.3 Å². The number of rotatable bonds is 4. The average molecular weight is 250 g/mol. The number of unbranched alkanes of at least 4 members (excludes halogenated alkanes) is 1. The zero-order chi connectivity index (χ0) is 13.1. The van der Waals surface area contributed by atoms with Crippen LogP contribution in [-0.4, -0.2) is 19.8 Å². The number of ether oxygens (including phenoxy) is 1.